The Morgan fingerprint density at radius 3 is 2.88 bits per heavy atom. The lowest BCUT2D eigenvalue weighted by Gasteiger charge is -2.31. The van der Waals surface area contributed by atoms with Crippen molar-refractivity contribution in [3.63, 3.8) is 0 Å². The van der Waals surface area contributed by atoms with Crippen molar-refractivity contribution in [2.75, 3.05) is 6.54 Å². The van der Waals surface area contributed by atoms with E-state index < -0.39 is 5.54 Å². The smallest absolute Gasteiger partial charge is 0.252 e. The molecular formula is C18H23ClN4O2. The highest BCUT2D eigenvalue weighted by Crippen LogP contribution is 2.30. The second-order valence-corrected chi connectivity index (χ2v) is 7.67. The van der Waals surface area contributed by atoms with Gasteiger partial charge in [0.2, 0.25) is 5.89 Å². The number of halogens is 1. The van der Waals surface area contributed by atoms with Crippen molar-refractivity contribution in [2.45, 2.75) is 51.1 Å². The van der Waals surface area contributed by atoms with Gasteiger partial charge in [-0.1, -0.05) is 22.8 Å². The minimum absolute atomic E-state index is 0.235. The number of hydrogen-bond acceptors (Lipinski definition) is 5. The van der Waals surface area contributed by atoms with E-state index in [0.29, 0.717) is 22.3 Å². The van der Waals surface area contributed by atoms with Crippen molar-refractivity contribution in [2.24, 2.45) is 0 Å². The van der Waals surface area contributed by atoms with Crippen LogP contribution < -0.4 is 10.6 Å². The molecule has 1 fully saturated rings. The summed E-state index contributed by atoms with van der Waals surface area (Å²) in [6, 6.07) is 6.81. The van der Waals surface area contributed by atoms with Gasteiger partial charge in [0.15, 0.2) is 5.82 Å². The van der Waals surface area contributed by atoms with Crippen LogP contribution in [0.1, 0.15) is 62.1 Å². The van der Waals surface area contributed by atoms with Crippen LogP contribution in [0.2, 0.25) is 5.02 Å². The molecule has 6 nitrogen and oxygen atoms in total. The summed E-state index contributed by atoms with van der Waals surface area (Å²) in [6.45, 7) is 6.70. The summed E-state index contributed by atoms with van der Waals surface area (Å²) in [7, 11) is 0. The lowest BCUT2D eigenvalue weighted by molar-refractivity contribution is 0.0907. The molecule has 0 bridgehead atoms. The first kappa shape index (κ1) is 17.9. The lowest BCUT2D eigenvalue weighted by atomic mass is 9.91. The van der Waals surface area contributed by atoms with E-state index >= 15 is 0 Å². The zero-order valence-electron chi connectivity index (χ0n) is 14.7. The highest BCUT2D eigenvalue weighted by Gasteiger charge is 2.37. The number of aromatic nitrogens is 2. The van der Waals surface area contributed by atoms with Crippen molar-refractivity contribution < 1.29 is 9.32 Å². The maximum Gasteiger partial charge on any atom is 0.252 e. The minimum Gasteiger partial charge on any atom is -0.340 e. The summed E-state index contributed by atoms with van der Waals surface area (Å²) < 4.78 is 5.50. The highest BCUT2D eigenvalue weighted by atomic mass is 35.5. The van der Waals surface area contributed by atoms with Gasteiger partial charge in [0.25, 0.3) is 5.91 Å². The van der Waals surface area contributed by atoms with E-state index in [2.05, 4.69) is 27.7 Å². The Kier molecular flexibility index (Phi) is 4.84. The number of nitrogens with one attached hydrogen (secondary N) is 2. The molecule has 134 valence electrons. The average molecular weight is 363 g/mol. The van der Waals surface area contributed by atoms with Crippen LogP contribution in [-0.2, 0) is 11.1 Å². The van der Waals surface area contributed by atoms with Gasteiger partial charge in [0.05, 0.1) is 11.1 Å². The molecule has 1 aromatic carbocycles. The summed E-state index contributed by atoms with van der Waals surface area (Å²) in [5.41, 5.74) is -0.590. The lowest BCUT2D eigenvalue weighted by Crippen LogP contribution is -2.44. The number of amides is 1. The summed E-state index contributed by atoms with van der Waals surface area (Å²) >= 11 is 5.96. The van der Waals surface area contributed by atoms with Gasteiger partial charge in [-0.3, -0.25) is 4.79 Å². The fraction of sp³-hybridized carbons (Fsp3) is 0.500. The second kappa shape index (κ2) is 6.77. The molecular weight excluding hydrogens is 340 g/mol. The van der Waals surface area contributed by atoms with Gasteiger partial charge in [-0.2, -0.15) is 4.98 Å². The van der Waals surface area contributed by atoms with E-state index in [0.717, 1.165) is 25.8 Å². The van der Waals surface area contributed by atoms with Gasteiger partial charge < -0.3 is 15.2 Å². The Bertz CT molecular complexity index is 766. The maximum atomic E-state index is 12.5. The summed E-state index contributed by atoms with van der Waals surface area (Å²) in [5, 5.41) is 11.0. The molecule has 1 aliphatic rings. The molecule has 1 aliphatic heterocycles. The number of benzene rings is 1. The summed E-state index contributed by atoms with van der Waals surface area (Å²) in [6.07, 6.45) is 3.22. The molecule has 2 aromatic rings. The maximum absolute atomic E-state index is 12.5. The Morgan fingerprint density at radius 2 is 2.20 bits per heavy atom. The molecule has 1 aromatic heterocycles. The van der Waals surface area contributed by atoms with E-state index in [9.17, 15) is 4.79 Å². The summed E-state index contributed by atoms with van der Waals surface area (Å²) in [4.78, 5) is 17.0. The van der Waals surface area contributed by atoms with Gasteiger partial charge in [-0.05, 0) is 64.8 Å². The van der Waals surface area contributed by atoms with E-state index in [4.69, 9.17) is 16.1 Å². The third-order valence-corrected chi connectivity index (χ3v) is 4.82. The first-order valence-corrected chi connectivity index (χ1v) is 8.86. The molecule has 2 heterocycles. The average Bonchev–Trinajstić information content (AvgIpc) is 3.07. The highest BCUT2D eigenvalue weighted by molar-refractivity contribution is 6.30. The molecule has 0 saturated carbocycles. The third kappa shape index (κ3) is 3.85. The van der Waals surface area contributed by atoms with Crippen molar-refractivity contribution in [3.8, 4) is 0 Å². The van der Waals surface area contributed by atoms with E-state index in [1.54, 1.807) is 24.3 Å². The van der Waals surface area contributed by atoms with Crippen molar-refractivity contribution in [1.29, 1.82) is 0 Å². The van der Waals surface area contributed by atoms with Crippen LogP contribution in [0.4, 0.5) is 0 Å². The molecule has 1 saturated heterocycles. The van der Waals surface area contributed by atoms with Crippen LogP contribution in [0.3, 0.4) is 0 Å². The molecule has 3 rings (SSSR count). The van der Waals surface area contributed by atoms with Crippen LogP contribution in [0.15, 0.2) is 28.8 Å². The van der Waals surface area contributed by atoms with Crippen LogP contribution in [-0.4, -0.2) is 22.6 Å². The van der Waals surface area contributed by atoms with Crippen LogP contribution in [0.25, 0.3) is 0 Å². The summed E-state index contributed by atoms with van der Waals surface area (Å²) in [5.74, 6) is 0.777. The van der Waals surface area contributed by atoms with Gasteiger partial charge >= 0.3 is 0 Å². The number of nitrogens with zero attached hydrogens (tertiary/aromatic N) is 2. The standard InChI is InChI=1S/C18H23ClN4O2/c1-17(2,22-14(24)12-7-6-8-13(19)11-12)15-21-16(25-23-15)18(3)9-4-5-10-20-18/h6-8,11,20H,4-5,9-10H2,1-3H3,(H,22,24). The molecule has 25 heavy (non-hydrogen) atoms. The first-order valence-electron chi connectivity index (χ1n) is 8.48. The Morgan fingerprint density at radius 1 is 1.40 bits per heavy atom. The van der Waals surface area contributed by atoms with E-state index in [1.807, 2.05) is 13.8 Å². The second-order valence-electron chi connectivity index (χ2n) is 7.23. The van der Waals surface area contributed by atoms with Crippen LogP contribution >= 0.6 is 11.6 Å². The molecule has 1 unspecified atom stereocenters. The molecule has 0 radical (unpaired) electrons. The fourth-order valence-electron chi connectivity index (χ4n) is 2.98. The number of carbonyl (C=O) groups excluding carboxylic acids is 1. The minimum atomic E-state index is -0.772. The zero-order valence-corrected chi connectivity index (χ0v) is 15.5. The molecule has 0 spiro atoms. The Labute approximate surface area is 152 Å². The zero-order chi connectivity index (χ0) is 18.1. The normalized spacial score (nSPS) is 21.1. The van der Waals surface area contributed by atoms with Crippen LogP contribution in [0.5, 0.6) is 0 Å². The molecule has 0 aliphatic carbocycles. The predicted molar refractivity (Wildman–Crippen MR) is 95.4 cm³/mol. The molecule has 1 atom stereocenters. The fourth-order valence-corrected chi connectivity index (χ4v) is 3.17. The van der Waals surface area contributed by atoms with Crippen molar-refractivity contribution >= 4 is 17.5 Å². The van der Waals surface area contributed by atoms with Gasteiger partial charge in [0.1, 0.15) is 0 Å². The quantitative estimate of drug-likeness (QED) is 0.871. The van der Waals surface area contributed by atoms with Crippen molar-refractivity contribution in [3.05, 3.63) is 46.6 Å². The monoisotopic (exact) mass is 362 g/mol. The van der Waals surface area contributed by atoms with Gasteiger partial charge in [-0.15, -0.1) is 0 Å². The van der Waals surface area contributed by atoms with E-state index in [-0.39, 0.29) is 11.4 Å². The molecule has 1 amide bonds. The Balaban J connectivity index is 1.77. The predicted octanol–water partition coefficient (Wildman–Crippen LogP) is 3.38. The molecule has 7 heteroatoms. The van der Waals surface area contributed by atoms with Gasteiger partial charge in [0, 0.05) is 10.6 Å². The number of rotatable bonds is 4. The van der Waals surface area contributed by atoms with Crippen molar-refractivity contribution in [1.82, 2.24) is 20.8 Å². The number of carbonyl (C=O) groups is 1. The number of hydrogen-bond donors (Lipinski definition) is 2. The SMILES string of the molecule is CC(C)(NC(=O)c1cccc(Cl)c1)c1noc(C2(C)CCCCN2)n1. The van der Waals surface area contributed by atoms with Gasteiger partial charge in [-0.25, -0.2) is 0 Å². The van der Waals surface area contributed by atoms with Crippen LogP contribution in [0, 0.1) is 0 Å². The molecule has 2 N–H and O–H groups in total. The number of piperidine rings is 1. The first-order chi connectivity index (χ1) is 11.8. The topological polar surface area (TPSA) is 80.0 Å². The largest absolute Gasteiger partial charge is 0.340 e. The van der Waals surface area contributed by atoms with E-state index in [1.165, 1.54) is 0 Å². The third-order valence-electron chi connectivity index (χ3n) is 4.59. The Hall–Kier alpha value is -1.92.